The fourth-order valence-electron chi connectivity index (χ4n) is 2.69. The minimum Gasteiger partial charge on any atom is -0.337 e. The van der Waals surface area contributed by atoms with Crippen molar-refractivity contribution in [3.63, 3.8) is 0 Å². The first-order valence-electron chi connectivity index (χ1n) is 7.66. The molecule has 1 aromatic heterocycles. The van der Waals surface area contributed by atoms with Crippen LogP contribution in [0.1, 0.15) is 29.8 Å². The van der Waals surface area contributed by atoms with Gasteiger partial charge in [0.25, 0.3) is 5.91 Å². The zero-order valence-electron chi connectivity index (χ0n) is 12.8. The topological polar surface area (TPSA) is 49.3 Å². The molecule has 2 heterocycles. The second-order valence-electron chi connectivity index (χ2n) is 5.51. The van der Waals surface area contributed by atoms with Crippen molar-refractivity contribution in [2.45, 2.75) is 19.3 Å². The molecule has 2 aromatic rings. The third-order valence-corrected chi connectivity index (χ3v) is 4.00. The predicted octanol–water partition coefficient (Wildman–Crippen LogP) is 2.87. The van der Waals surface area contributed by atoms with Crippen molar-refractivity contribution in [2.75, 3.05) is 25.0 Å². The summed E-state index contributed by atoms with van der Waals surface area (Å²) in [5.41, 5.74) is 1.49. The van der Waals surface area contributed by atoms with E-state index in [4.69, 9.17) is 0 Å². The van der Waals surface area contributed by atoms with E-state index in [0.29, 0.717) is 5.69 Å². The number of para-hydroxylation sites is 1. The Morgan fingerprint density at radius 2 is 1.82 bits per heavy atom. The SMILES string of the molecule is CN(c1ccccc1)c1cc(C(=O)N2CCCCC2)ncn1. The summed E-state index contributed by atoms with van der Waals surface area (Å²) in [5.74, 6) is 0.728. The fourth-order valence-corrected chi connectivity index (χ4v) is 2.69. The summed E-state index contributed by atoms with van der Waals surface area (Å²) in [6, 6.07) is 11.7. The molecule has 1 fully saturated rings. The van der Waals surface area contributed by atoms with E-state index in [-0.39, 0.29) is 5.91 Å². The van der Waals surface area contributed by atoms with Crippen LogP contribution in [0.15, 0.2) is 42.7 Å². The predicted molar refractivity (Wildman–Crippen MR) is 86.3 cm³/mol. The Morgan fingerprint density at radius 1 is 1.09 bits per heavy atom. The first kappa shape index (κ1) is 14.5. The van der Waals surface area contributed by atoms with Crippen LogP contribution >= 0.6 is 0 Å². The summed E-state index contributed by atoms with van der Waals surface area (Å²) in [7, 11) is 1.94. The standard InChI is InChI=1S/C17H20N4O/c1-20(14-8-4-2-5-9-14)16-12-15(18-13-19-16)17(22)21-10-6-3-7-11-21/h2,4-5,8-9,12-13H,3,6-7,10-11H2,1H3. The van der Waals surface area contributed by atoms with Gasteiger partial charge in [0.15, 0.2) is 0 Å². The molecule has 5 heteroatoms. The second kappa shape index (κ2) is 6.56. The van der Waals surface area contributed by atoms with Crippen LogP contribution in [-0.4, -0.2) is 40.9 Å². The van der Waals surface area contributed by atoms with Gasteiger partial charge in [0, 0.05) is 31.9 Å². The van der Waals surface area contributed by atoms with E-state index in [0.717, 1.165) is 37.4 Å². The molecule has 0 atom stereocenters. The molecule has 114 valence electrons. The van der Waals surface area contributed by atoms with E-state index in [1.807, 2.05) is 47.2 Å². The van der Waals surface area contributed by atoms with E-state index < -0.39 is 0 Å². The number of benzene rings is 1. The number of anilines is 2. The van der Waals surface area contributed by atoms with Gasteiger partial charge in [-0.15, -0.1) is 0 Å². The summed E-state index contributed by atoms with van der Waals surface area (Å²) >= 11 is 0. The molecule has 1 aromatic carbocycles. The normalized spacial score (nSPS) is 14.7. The van der Waals surface area contributed by atoms with Gasteiger partial charge in [0.2, 0.25) is 0 Å². The zero-order chi connectivity index (χ0) is 15.4. The van der Waals surface area contributed by atoms with Crippen LogP contribution in [0, 0.1) is 0 Å². The third-order valence-electron chi connectivity index (χ3n) is 4.00. The molecule has 1 aliphatic heterocycles. The third kappa shape index (κ3) is 3.08. The molecular formula is C17H20N4O. The highest BCUT2D eigenvalue weighted by Crippen LogP contribution is 2.21. The Balaban J connectivity index is 1.81. The van der Waals surface area contributed by atoms with Crippen LogP contribution in [0.5, 0.6) is 0 Å². The number of aromatic nitrogens is 2. The van der Waals surface area contributed by atoms with Gasteiger partial charge in [-0.05, 0) is 31.4 Å². The number of hydrogen-bond acceptors (Lipinski definition) is 4. The van der Waals surface area contributed by atoms with Crippen molar-refractivity contribution in [1.82, 2.24) is 14.9 Å². The molecule has 1 saturated heterocycles. The van der Waals surface area contributed by atoms with Crippen LogP contribution in [-0.2, 0) is 0 Å². The Hall–Kier alpha value is -2.43. The van der Waals surface area contributed by atoms with Crippen LogP contribution < -0.4 is 4.90 Å². The van der Waals surface area contributed by atoms with E-state index in [1.165, 1.54) is 12.7 Å². The lowest BCUT2D eigenvalue weighted by atomic mass is 10.1. The minimum absolute atomic E-state index is 0.00446. The summed E-state index contributed by atoms with van der Waals surface area (Å²) in [6.45, 7) is 1.65. The molecule has 0 bridgehead atoms. The molecule has 0 spiro atoms. The minimum atomic E-state index is 0.00446. The van der Waals surface area contributed by atoms with Crippen LogP contribution in [0.2, 0.25) is 0 Å². The highest BCUT2D eigenvalue weighted by molar-refractivity contribution is 5.93. The van der Waals surface area contributed by atoms with Crippen molar-refractivity contribution in [2.24, 2.45) is 0 Å². The molecule has 0 radical (unpaired) electrons. The number of carbonyl (C=O) groups excluding carboxylic acids is 1. The van der Waals surface area contributed by atoms with Crippen LogP contribution in [0.4, 0.5) is 11.5 Å². The number of likely N-dealkylation sites (tertiary alicyclic amines) is 1. The molecule has 3 rings (SSSR count). The summed E-state index contributed by atoms with van der Waals surface area (Å²) in [4.78, 5) is 24.8. The monoisotopic (exact) mass is 296 g/mol. The van der Waals surface area contributed by atoms with Crippen molar-refractivity contribution in [1.29, 1.82) is 0 Å². The average molecular weight is 296 g/mol. The summed E-state index contributed by atoms with van der Waals surface area (Å²) in [5, 5.41) is 0. The van der Waals surface area contributed by atoms with Gasteiger partial charge in [0.05, 0.1) is 0 Å². The summed E-state index contributed by atoms with van der Waals surface area (Å²) in [6.07, 6.45) is 4.82. The number of nitrogens with zero attached hydrogens (tertiary/aromatic N) is 4. The molecule has 0 unspecified atom stereocenters. The Kier molecular flexibility index (Phi) is 4.32. The fraction of sp³-hybridized carbons (Fsp3) is 0.353. The summed E-state index contributed by atoms with van der Waals surface area (Å²) < 4.78 is 0. The highest BCUT2D eigenvalue weighted by Gasteiger charge is 2.20. The van der Waals surface area contributed by atoms with Crippen molar-refractivity contribution in [3.8, 4) is 0 Å². The lowest BCUT2D eigenvalue weighted by Crippen LogP contribution is -2.36. The molecule has 0 N–H and O–H groups in total. The van der Waals surface area contributed by atoms with E-state index >= 15 is 0 Å². The molecule has 1 amide bonds. The van der Waals surface area contributed by atoms with Gasteiger partial charge in [-0.25, -0.2) is 9.97 Å². The Bertz CT molecular complexity index is 638. The van der Waals surface area contributed by atoms with Crippen molar-refractivity contribution in [3.05, 3.63) is 48.4 Å². The lowest BCUT2D eigenvalue weighted by Gasteiger charge is -2.26. The van der Waals surface area contributed by atoms with Crippen LogP contribution in [0.3, 0.4) is 0 Å². The Labute approximate surface area is 130 Å². The number of carbonyl (C=O) groups is 1. The molecule has 22 heavy (non-hydrogen) atoms. The molecular weight excluding hydrogens is 276 g/mol. The maximum absolute atomic E-state index is 12.5. The number of hydrogen-bond donors (Lipinski definition) is 0. The molecule has 0 aliphatic carbocycles. The van der Waals surface area contributed by atoms with E-state index in [1.54, 1.807) is 6.07 Å². The average Bonchev–Trinajstić information content (AvgIpc) is 2.62. The highest BCUT2D eigenvalue weighted by atomic mass is 16.2. The van der Waals surface area contributed by atoms with Crippen molar-refractivity contribution < 1.29 is 4.79 Å². The van der Waals surface area contributed by atoms with Crippen molar-refractivity contribution >= 4 is 17.4 Å². The molecule has 5 nitrogen and oxygen atoms in total. The van der Waals surface area contributed by atoms with Gasteiger partial charge < -0.3 is 9.80 Å². The van der Waals surface area contributed by atoms with E-state index in [2.05, 4.69) is 9.97 Å². The largest absolute Gasteiger partial charge is 0.337 e. The number of rotatable bonds is 3. The van der Waals surface area contributed by atoms with Crippen LogP contribution in [0.25, 0.3) is 0 Å². The first-order valence-corrected chi connectivity index (χ1v) is 7.66. The second-order valence-corrected chi connectivity index (χ2v) is 5.51. The molecule has 1 aliphatic rings. The first-order chi connectivity index (χ1) is 10.8. The maximum Gasteiger partial charge on any atom is 0.272 e. The number of amides is 1. The van der Waals surface area contributed by atoms with E-state index in [9.17, 15) is 4.79 Å². The van der Waals surface area contributed by atoms with Gasteiger partial charge in [0.1, 0.15) is 17.8 Å². The van der Waals surface area contributed by atoms with Gasteiger partial charge in [-0.2, -0.15) is 0 Å². The Morgan fingerprint density at radius 3 is 2.55 bits per heavy atom. The maximum atomic E-state index is 12.5. The molecule has 0 saturated carbocycles. The van der Waals surface area contributed by atoms with Gasteiger partial charge >= 0.3 is 0 Å². The number of piperidine rings is 1. The zero-order valence-corrected chi connectivity index (χ0v) is 12.8. The van der Waals surface area contributed by atoms with Gasteiger partial charge in [-0.3, -0.25) is 4.79 Å². The smallest absolute Gasteiger partial charge is 0.272 e. The van der Waals surface area contributed by atoms with Gasteiger partial charge in [-0.1, -0.05) is 18.2 Å². The quantitative estimate of drug-likeness (QED) is 0.874. The lowest BCUT2D eigenvalue weighted by molar-refractivity contribution is 0.0718.